The normalized spacial score (nSPS) is 12.3. The molecule has 71 heavy (non-hydrogen) atoms. The van der Waals surface area contributed by atoms with E-state index >= 15 is 0 Å². The van der Waals surface area contributed by atoms with E-state index in [0.717, 1.165) is 17.2 Å². The topological polar surface area (TPSA) is 420 Å². The van der Waals surface area contributed by atoms with Crippen molar-refractivity contribution in [2.45, 2.75) is 6.54 Å². The number of aliphatic imine (C=N–C) groups is 3. The van der Waals surface area contributed by atoms with E-state index in [1.165, 1.54) is 0 Å². The third-order valence-corrected chi connectivity index (χ3v) is 11.9. The second-order valence-electron chi connectivity index (χ2n) is 15.8. The summed E-state index contributed by atoms with van der Waals surface area (Å²) in [6, 6.07) is 16.8. The zero-order chi connectivity index (χ0) is 50.8. The van der Waals surface area contributed by atoms with E-state index in [-0.39, 0.29) is 6.54 Å². The predicted molar refractivity (Wildman–Crippen MR) is 250 cm³/mol. The summed E-state index contributed by atoms with van der Waals surface area (Å²) in [5.74, 6) is -22.7. The first-order valence-electron chi connectivity index (χ1n) is 20.2. The number of aromatic hydroxyl groups is 17. The minimum Gasteiger partial charge on any atom is -0.506 e. The van der Waals surface area contributed by atoms with Crippen LogP contribution in [0.5, 0.6) is 97.7 Å². The number of hydrogen-bond acceptors (Lipinski definition) is 21. The van der Waals surface area contributed by atoms with Crippen molar-refractivity contribution in [3.05, 3.63) is 77.4 Å². The summed E-state index contributed by atoms with van der Waals surface area (Å²) in [5.41, 5.74) is -3.28. The maximum absolute atomic E-state index is 12.0. The highest BCUT2D eigenvalue weighted by Gasteiger charge is 2.35. The number of rotatable bonds is 5. The van der Waals surface area contributed by atoms with E-state index in [9.17, 15) is 86.8 Å². The van der Waals surface area contributed by atoms with E-state index in [2.05, 4.69) is 21.7 Å². The highest BCUT2D eigenvalue weighted by molar-refractivity contribution is 6.32. The molecule has 23 heteroatoms. The average molecular weight is 970 g/mol. The first-order valence-corrected chi connectivity index (χ1v) is 20.2. The van der Waals surface area contributed by atoms with Gasteiger partial charge in [-0.25, -0.2) is 9.98 Å². The zero-order valence-electron chi connectivity index (χ0n) is 35.4. The number of furan rings is 1. The van der Waals surface area contributed by atoms with E-state index < -0.39 is 186 Å². The van der Waals surface area contributed by atoms with Gasteiger partial charge < -0.3 is 91.2 Å². The second-order valence-corrected chi connectivity index (χ2v) is 15.8. The van der Waals surface area contributed by atoms with Gasteiger partial charge in [0.2, 0.25) is 45.7 Å². The Bertz CT molecular complexity index is 4110. The molecule has 8 aromatic carbocycles. The molecular formula is C48H31N3O20. The van der Waals surface area contributed by atoms with Crippen molar-refractivity contribution in [3.63, 3.8) is 0 Å². The molecule has 10 aromatic rings. The monoisotopic (exact) mass is 969 g/mol. The van der Waals surface area contributed by atoms with Gasteiger partial charge in [-0.05, 0) is 29.5 Å². The highest BCUT2D eigenvalue weighted by atomic mass is 17.0. The van der Waals surface area contributed by atoms with Crippen LogP contribution in [0.25, 0.3) is 76.5 Å². The molecule has 0 aliphatic rings. The molecule has 0 saturated carbocycles. The fourth-order valence-electron chi connectivity index (χ4n) is 8.50. The van der Waals surface area contributed by atoms with Gasteiger partial charge in [0.25, 0.3) is 0 Å². The van der Waals surface area contributed by atoms with E-state index in [4.69, 9.17) is 13.6 Å². The largest absolute Gasteiger partial charge is 0.506 e. The summed E-state index contributed by atoms with van der Waals surface area (Å²) in [5, 5.41) is 184. The lowest BCUT2D eigenvalue weighted by atomic mass is 9.95. The van der Waals surface area contributed by atoms with Crippen molar-refractivity contribution in [1.29, 1.82) is 0 Å². The number of fused-ring (bicyclic) bond motifs is 4. The number of nitrogens with zero attached hydrogens (tertiary/aromatic N) is 3. The van der Waals surface area contributed by atoms with Gasteiger partial charge in [-0.1, -0.05) is 54.6 Å². The molecule has 358 valence electrons. The Balaban J connectivity index is 1.26. The van der Waals surface area contributed by atoms with Gasteiger partial charge in [0.15, 0.2) is 68.8 Å². The van der Waals surface area contributed by atoms with Crippen LogP contribution in [0.4, 0.5) is 0 Å². The van der Waals surface area contributed by atoms with Crippen molar-refractivity contribution in [2.24, 2.45) is 15.0 Å². The summed E-state index contributed by atoms with van der Waals surface area (Å²) in [6.45, 7) is 3.05. The van der Waals surface area contributed by atoms with Gasteiger partial charge in [-0.15, -0.1) is 0 Å². The molecule has 0 radical (unpaired) electrons. The molecule has 0 unspecified atom stereocenters. The zero-order valence-corrected chi connectivity index (χ0v) is 35.4. The quantitative estimate of drug-likeness (QED) is 0.0258. The lowest BCUT2D eigenvalue weighted by molar-refractivity contribution is 0.0872. The minimum atomic E-state index is -1.39. The van der Waals surface area contributed by atoms with Gasteiger partial charge in [0.05, 0.1) is 33.5 Å². The molecule has 23 nitrogen and oxygen atoms in total. The van der Waals surface area contributed by atoms with Crippen LogP contribution in [-0.4, -0.2) is 105 Å². The number of amidine groups is 2. The molecule has 2 heterocycles. The third-order valence-electron chi connectivity index (χ3n) is 11.9. The summed E-state index contributed by atoms with van der Waals surface area (Å²) >= 11 is 0. The highest BCUT2D eigenvalue weighted by Crippen LogP contribution is 2.61. The van der Waals surface area contributed by atoms with Crippen molar-refractivity contribution >= 4 is 83.8 Å². The maximum atomic E-state index is 12.0. The van der Waals surface area contributed by atoms with Crippen LogP contribution in [-0.2, 0) is 6.54 Å². The summed E-state index contributed by atoms with van der Waals surface area (Å²) in [6.07, 6.45) is 0. The molecule has 0 aliphatic carbocycles. The molecule has 0 amide bonds. The van der Waals surface area contributed by atoms with Crippen LogP contribution in [0, 0.1) is 0 Å². The standard InChI is InChI=1S/C48H31N3O20/c1-49-47(51-48(50-12-13-7-9-15(10-8-13)14-5-3-2-4-6-14)25-27(53)16-11-17(52)28(54)31(57)18(16)32(58)35(25)61)26-30(56)22-21(34(60)36(26)62)29(55)23-19-20-24-44(69-43(20)40(66)38(64)33(19)59)41(67)39(65)42(68)46(24)71-70-45(23)37(22)63/h2-11,52-68H,1,12H2/b50-48-,51-47-. The van der Waals surface area contributed by atoms with Crippen LogP contribution in [0.2, 0.25) is 0 Å². The summed E-state index contributed by atoms with van der Waals surface area (Å²) in [4.78, 5) is 12.4. The smallest absolute Gasteiger partial charge is 0.236 e. The van der Waals surface area contributed by atoms with E-state index in [1.54, 1.807) is 24.3 Å². The minimum absolute atomic E-state index is 0.354. The molecule has 10 rings (SSSR count). The molecule has 0 atom stereocenters. The van der Waals surface area contributed by atoms with Crippen molar-refractivity contribution in [1.82, 2.24) is 0 Å². The van der Waals surface area contributed by atoms with Crippen LogP contribution in [0.15, 0.2) is 89.2 Å². The first kappa shape index (κ1) is 44.1. The van der Waals surface area contributed by atoms with Crippen molar-refractivity contribution < 1.29 is 100 Å². The van der Waals surface area contributed by atoms with E-state index in [1.807, 2.05) is 30.3 Å². The van der Waals surface area contributed by atoms with Gasteiger partial charge in [0, 0.05) is 16.2 Å². The molecule has 0 spiro atoms. The Morgan fingerprint density at radius 2 is 0.901 bits per heavy atom. The van der Waals surface area contributed by atoms with Crippen LogP contribution >= 0.6 is 0 Å². The number of phenolic OH excluding ortho intramolecular Hbond substituents is 17. The van der Waals surface area contributed by atoms with Crippen LogP contribution in [0.3, 0.4) is 0 Å². The van der Waals surface area contributed by atoms with Gasteiger partial charge in [-0.3, -0.25) is 14.1 Å². The third kappa shape index (κ3) is 6.05. The first-order chi connectivity index (χ1) is 33.8. The molecule has 0 aliphatic heterocycles. The fraction of sp³-hybridized carbons (Fsp3) is 0.0208. The Labute approximate surface area is 391 Å². The summed E-state index contributed by atoms with van der Waals surface area (Å²) in [7, 11) is 0. The lowest BCUT2D eigenvalue weighted by Gasteiger charge is -2.17. The van der Waals surface area contributed by atoms with Gasteiger partial charge in [-0.2, -0.15) is 0 Å². The van der Waals surface area contributed by atoms with E-state index in [0.29, 0.717) is 5.56 Å². The number of hydrogen-bond donors (Lipinski definition) is 17. The molecule has 0 fully saturated rings. The molecule has 17 N–H and O–H groups in total. The fourth-order valence-corrected chi connectivity index (χ4v) is 8.50. The van der Waals surface area contributed by atoms with Gasteiger partial charge in [0.1, 0.15) is 28.4 Å². The second kappa shape index (κ2) is 15.4. The van der Waals surface area contributed by atoms with Gasteiger partial charge >= 0.3 is 0 Å². The Kier molecular flexibility index (Phi) is 9.59. The maximum Gasteiger partial charge on any atom is 0.236 e. The molecule has 2 aromatic heterocycles. The van der Waals surface area contributed by atoms with Crippen LogP contribution in [0.1, 0.15) is 16.7 Å². The molecular weight excluding hydrogens is 939 g/mol. The lowest BCUT2D eigenvalue weighted by Crippen LogP contribution is -2.08. The van der Waals surface area contributed by atoms with Crippen molar-refractivity contribution in [3.8, 4) is 109 Å². The SMILES string of the molecule is C=N/C(=N\C(=N/Cc1ccc(-c2ccccc2)cc1)c1c(O)c(O)c2c(O)c(O)c(O)cc2c1O)c1c(O)c(O)c2c(O)c3c(ooc4c(O)c(O)c(O)c5oc6c(O)c(O)c(O)c3c6c45)c(O)c2c1O. The predicted octanol–water partition coefficient (Wildman–Crippen LogP) is 7.70. The molecule has 0 bridgehead atoms. The summed E-state index contributed by atoms with van der Waals surface area (Å²) < 4.78 is 16.1. The Hall–Kier alpha value is -10.7. The number of phenols is 17. The van der Waals surface area contributed by atoms with Crippen LogP contribution < -0.4 is 0 Å². The van der Waals surface area contributed by atoms with Crippen molar-refractivity contribution in [2.75, 3.05) is 0 Å². The Morgan fingerprint density at radius 3 is 1.54 bits per heavy atom. The molecule has 0 saturated heterocycles. The Morgan fingerprint density at radius 1 is 0.394 bits per heavy atom. The number of benzene rings is 8. The average Bonchev–Trinajstić information content (AvgIpc) is 3.75.